The highest BCUT2D eigenvalue weighted by Crippen LogP contribution is 2.46. The van der Waals surface area contributed by atoms with Crippen molar-refractivity contribution < 1.29 is 23.1 Å². The molecule has 10 heteroatoms. The molecule has 1 saturated carbocycles. The molecule has 2 heterocycles. The molecular formula is C34H48ClN3O5S. The molecule has 2 N–H and O–H groups in total. The molecule has 1 amide bonds. The third kappa shape index (κ3) is 7.22. The van der Waals surface area contributed by atoms with Crippen molar-refractivity contribution in [3.63, 3.8) is 0 Å². The number of nitrogens with one attached hydrogen (secondary N) is 1. The Hall–Kier alpha value is -2.33. The van der Waals surface area contributed by atoms with Crippen LogP contribution in [0.4, 0.5) is 5.69 Å². The molecule has 3 aliphatic rings. The highest BCUT2D eigenvalue weighted by Gasteiger charge is 2.46. The SMILES string of the molecule is C[C@@H]1[C@@H](C)C[C@@H](N(C)C)C[C@@](C)(O)[C@@H]2CC[C@H]2CN2CCCCc3cc(Cl)ccc3COc3ccc(cc32)C(=O)NS1(=O)=O. The summed E-state index contributed by atoms with van der Waals surface area (Å²) in [5, 5.41) is 11.8. The van der Waals surface area contributed by atoms with Crippen LogP contribution < -0.4 is 14.4 Å². The Morgan fingerprint density at radius 1 is 1.09 bits per heavy atom. The van der Waals surface area contributed by atoms with E-state index in [9.17, 15) is 18.3 Å². The zero-order valence-corrected chi connectivity index (χ0v) is 28.3. The van der Waals surface area contributed by atoms with Gasteiger partial charge < -0.3 is 19.6 Å². The summed E-state index contributed by atoms with van der Waals surface area (Å²) in [5.74, 6) is 0.175. The quantitative estimate of drug-likeness (QED) is 0.414. The normalized spacial score (nSPS) is 31.4. The van der Waals surface area contributed by atoms with E-state index in [4.69, 9.17) is 16.3 Å². The minimum Gasteiger partial charge on any atom is -0.487 e. The molecular weight excluding hydrogens is 598 g/mol. The molecule has 0 radical (unpaired) electrons. The lowest BCUT2D eigenvalue weighted by Gasteiger charge is -2.49. The lowest BCUT2D eigenvalue weighted by atomic mass is 9.63. The van der Waals surface area contributed by atoms with Gasteiger partial charge in [-0.15, -0.1) is 0 Å². The van der Waals surface area contributed by atoms with E-state index in [2.05, 4.69) is 14.5 Å². The number of aliphatic hydroxyl groups is 1. The van der Waals surface area contributed by atoms with E-state index in [-0.39, 0.29) is 29.4 Å². The molecule has 2 aromatic rings. The van der Waals surface area contributed by atoms with E-state index in [0.29, 0.717) is 30.2 Å². The Kier molecular flexibility index (Phi) is 9.90. The van der Waals surface area contributed by atoms with Gasteiger partial charge in [0, 0.05) is 29.7 Å². The van der Waals surface area contributed by atoms with E-state index in [0.717, 1.165) is 56.4 Å². The van der Waals surface area contributed by atoms with Crippen LogP contribution in [-0.4, -0.2) is 68.4 Å². The summed E-state index contributed by atoms with van der Waals surface area (Å²) in [6, 6.07) is 11.1. The van der Waals surface area contributed by atoms with Crippen molar-refractivity contribution in [1.82, 2.24) is 9.62 Å². The molecule has 5 rings (SSSR count). The first-order chi connectivity index (χ1) is 20.7. The number of halogens is 1. The van der Waals surface area contributed by atoms with Gasteiger partial charge in [0.2, 0.25) is 10.0 Å². The number of hydrogen-bond donors (Lipinski definition) is 2. The molecule has 8 nitrogen and oxygen atoms in total. The van der Waals surface area contributed by atoms with Gasteiger partial charge in [0.1, 0.15) is 12.4 Å². The maximum atomic E-state index is 13.5. The third-order valence-electron chi connectivity index (χ3n) is 10.5. The fourth-order valence-corrected chi connectivity index (χ4v) is 8.76. The van der Waals surface area contributed by atoms with Crippen molar-refractivity contribution in [3.05, 3.63) is 58.1 Å². The maximum Gasteiger partial charge on any atom is 0.264 e. The molecule has 2 bridgehead atoms. The molecule has 0 spiro atoms. The first-order valence-electron chi connectivity index (χ1n) is 16.0. The van der Waals surface area contributed by atoms with Gasteiger partial charge in [0.25, 0.3) is 5.91 Å². The Morgan fingerprint density at radius 2 is 1.86 bits per heavy atom. The number of amides is 1. The third-order valence-corrected chi connectivity index (χ3v) is 12.6. The van der Waals surface area contributed by atoms with E-state index < -0.39 is 26.8 Å². The first-order valence-corrected chi connectivity index (χ1v) is 17.9. The number of anilines is 1. The fourth-order valence-electron chi connectivity index (χ4n) is 7.28. The number of nitrogens with zero attached hydrogens (tertiary/aromatic N) is 2. The number of ether oxygens (including phenoxy) is 1. The van der Waals surface area contributed by atoms with Crippen molar-refractivity contribution >= 4 is 33.2 Å². The fraction of sp³-hybridized carbons (Fsp3) is 0.618. The number of fused-ring (bicyclic) bond motifs is 3. The van der Waals surface area contributed by atoms with Crippen LogP contribution in [-0.2, 0) is 23.1 Å². The zero-order valence-electron chi connectivity index (χ0n) is 26.7. The maximum absolute atomic E-state index is 13.5. The van der Waals surface area contributed by atoms with Gasteiger partial charge in [-0.2, -0.15) is 0 Å². The highest BCUT2D eigenvalue weighted by atomic mass is 35.5. The number of aryl methyl sites for hydroxylation is 1. The Labute approximate surface area is 268 Å². The van der Waals surface area contributed by atoms with Crippen molar-refractivity contribution in [1.29, 1.82) is 0 Å². The average Bonchev–Trinajstić information content (AvgIpc) is 2.96. The Bertz CT molecular complexity index is 1460. The molecule has 1 aliphatic carbocycles. The largest absolute Gasteiger partial charge is 0.487 e. The number of hydrogen-bond acceptors (Lipinski definition) is 7. The summed E-state index contributed by atoms with van der Waals surface area (Å²) in [6.07, 6.45) is 5.89. The lowest BCUT2D eigenvalue weighted by molar-refractivity contribution is -0.0856. The number of carbonyl (C=O) groups excluding carboxylic acids is 1. The minimum absolute atomic E-state index is 0.0110. The van der Waals surface area contributed by atoms with Gasteiger partial charge in [-0.05, 0) is 132 Å². The molecule has 2 aliphatic heterocycles. The number of rotatable bonds is 1. The molecule has 242 valence electrons. The van der Waals surface area contributed by atoms with Crippen LogP contribution >= 0.6 is 11.6 Å². The summed E-state index contributed by atoms with van der Waals surface area (Å²) < 4.78 is 35.7. The van der Waals surface area contributed by atoms with Gasteiger partial charge in [-0.1, -0.05) is 24.6 Å². The van der Waals surface area contributed by atoms with Gasteiger partial charge in [0.05, 0.1) is 16.5 Å². The van der Waals surface area contributed by atoms with Crippen molar-refractivity contribution in [2.24, 2.45) is 17.8 Å². The van der Waals surface area contributed by atoms with E-state index in [1.165, 1.54) is 5.56 Å². The minimum atomic E-state index is -3.96. The molecule has 1 fully saturated rings. The molecule has 6 atom stereocenters. The molecule has 44 heavy (non-hydrogen) atoms. The summed E-state index contributed by atoms with van der Waals surface area (Å²) >= 11 is 6.33. The molecule has 0 unspecified atom stereocenters. The van der Waals surface area contributed by atoms with Crippen molar-refractivity contribution in [2.75, 3.05) is 32.1 Å². The second-order valence-corrected chi connectivity index (χ2v) is 16.3. The summed E-state index contributed by atoms with van der Waals surface area (Å²) in [6.45, 7) is 7.35. The van der Waals surface area contributed by atoms with Crippen LogP contribution in [0.1, 0.15) is 80.8 Å². The van der Waals surface area contributed by atoms with Gasteiger partial charge >= 0.3 is 0 Å². The smallest absolute Gasteiger partial charge is 0.264 e. The zero-order chi connectivity index (χ0) is 31.8. The molecule has 0 saturated heterocycles. The summed E-state index contributed by atoms with van der Waals surface area (Å²) in [7, 11) is 0.0130. The van der Waals surface area contributed by atoms with Crippen LogP contribution in [0, 0.1) is 17.8 Å². The van der Waals surface area contributed by atoms with Gasteiger partial charge in [-0.25, -0.2) is 13.1 Å². The topological polar surface area (TPSA) is 99.2 Å². The second-order valence-electron chi connectivity index (χ2n) is 13.8. The highest BCUT2D eigenvalue weighted by molar-refractivity contribution is 7.90. The summed E-state index contributed by atoms with van der Waals surface area (Å²) in [4.78, 5) is 17.9. The monoisotopic (exact) mass is 645 g/mol. The van der Waals surface area contributed by atoms with Gasteiger partial charge in [-0.3, -0.25) is 4.79 Å². The van der Waals surface area contributed by atoms with Crippen LogP contribution in [0.3, 0.4) is 0 Å². The van der Waals surface area contributed by atoms with Crippen LogP contribution in [0.15, 0.2) is 36.4 Å². The lowest BCUT2D eigenvalue weighted by Crippen LogP contribution is -2.52. The van der Waals surface area contributed by atoms with E-state index in [1.54, 1.807) is 25.1 Å². The van der Waals surface area contributed by atoms with E-state index in [1.807, 2.05) is 46.1 Å². The van der Waals surface area contributed by atoms with E-state index >= 15 is 0 Å². The molecule has 0 aromatic heterocycles. The predicted octanol–water partition coefficient (Wildman–Crippen LogP) is 5.65. The van der Waals surface area contributed by atoms with Gasteiger partial charge in [0.15, 0.2) is 0 Å². The first kappa shape index (κ1) is 33.0. The molecule has 2 aromatic carbocycles. The van der Waals surface area contributed by atoms with Crippen LogP contribution in [0.25, 0.3) is 0 Å². The Morgan fingerprint density at radius 3 is 2.57 bits per heavy atom. The second kappa shape index (κ2) is 13.2. The standard InChI is InChI=1S/C34H48ClN3O5S/c1-22-16-29(37(4)5)19-34(3,40)30-13-10-26(30)20-38-15-7-6-8-24-17-28(35)12-9-27(24)21-43-32-14-11-25(18-31(32)38)33(39)36-44(41,42)23(22)2/h9,11-12,14,17-18,22-23,26,29-30,40H,6-8,10,13,15-16,19-21H2,1-5H3,(H,36,39)/t22-,23+,26-,29+,30+,34+/m0/s1. The average molecular weight is 646 g/mol. The van der Waals surface area contributed by atoms with Crippen molar-refractivity contribution in [3.8, 4) is 5.75 Å². The van der Waals surface area contributed by atoms with Crippen molar-refractivity contribution in [2.45, 2.75) is 89.2 Å². The Balaban J connectivity index is 1.56. The number of carbonyl (C=O) groups is 1. The number of benzene rings is 2. The van der Waals surface area contributed by atoms with Crippen LogP contribution in [0.2, 0.25) is 5.02 Å². The predicted molar refractivity (Wildman–Crippen MR) is 176 cm³/mol. The van der Waals surface area contributed by atoms with Crippen LogP contribution in [0.5, 0.6) is 5.75 Å². The summed E-state index contributed by atoms with van der Waals surface area (Å²) in [5.41, 5.74) is 2.40. The number of sulfonamides is 1.